The highest BCUT2D eigenvalue weighted by Crippen LogP contribution is 2.18. The lowest BCUT2D eigenvalue weighted by molar-refractivity contribution is -0.167. The van der Waals surface area contributed by atoms with Gasteiger partial charge in [0.15, 0.2) is 6.10 Å². The van der Waals surface area contributed by atoms with Crippen molar-refractivity contribution in [1.82, 2.24) is 0 Å². The van der Waals surface area contributed by atoms with Crippen LogP contribution in [0.1, 0.15) is 355 Å². The molecule has 0 aliphatic heterocycles. The van der Waals surface area contributed by atoms with E-state index in [1.54, 1.807) is 0 Å². The number of esters is 3. The molecule has 6 heteroatoms. The molecule has 1 atom stereocenters. The molecule has 0 aromatic heterocycles. The molecule has 0 aromatic rings. The van der Waals surface area contributed by atoms with Crippen LogP contribution in [-0.4, -0.2) is 37.2 Å². The molecule has 83 heavy (non-hydrogen) atoms. The normalized spacial score (nSPS) is 12.7. The maximum Gasteiger partial charge on any atom is 0.306 e. The van der Waals surface area contributed by atoms with Crippen LogP contribution in [0.4, 0.5) is 0 Å². The molecule has 0 aliphatic carbocycles. The van der Waals surface area contributed by atoms with Crippen molar-refractivity contribution >= 4 is 17.9 Å². The second kappa shape index (κ2) is 70.8. The molecule has 0 fully saturated rings. The first-order chi connectivity index (χ1) is 41.0. The molecule has 0 N–H and O–H groups in total. The van der Waals surface area contributed by atoms with Crippen LogP contribution in [-0.2, 0) is 28.6 Å². The van der Waals surface area contributed by atoms with Crippen molar-refractivity contribution in [3.63, 3.8) is 0 Å². The Hall–Kier alpha value is -3.67. The molecule has 0 saturated heterocycles. The molecule has 0 aromatic carbocycles. The van der Waals surface area contributed by atoms with Crippen molar-refractivity contribution in [2.75, 3.05) is 13.2 Å². The Labute approximate surface area is 515 Å². The van der Waals surface area contributed by atoms with Crippen LogP contribution in [0.3, 0.4) is 0 Å². The smallest absolute Gasteiger partial charge is 0.306 e. The molecule has 0 spiro atoms. The number of hydrogen-bond acceptors (Lipinski definition) is 6. The number of carbonyl (C=O) groups excluding carboxylic acids is 3. The van der Waals surface area contributed by atoms with E-state index >= 15 is 0 Å². The summed E-state index contributed by atoms with van der Waals surface area (Å²) in [6.07, 6.45) is 95.7. The Balaban J connectivity index is 4.37. The largest absolute Gasteiger partial charge is 0.462 e. The molecule has 6 nitrogen and oxygen atoms in total. The number of rotatable bonds is 65. The first-order valence-electron chi connectivity index (χ1n) is 35.7. The van der Waals surface area contributed by atoms with E-state index in [2.05, 4.69) is 118 Å². The van der Waals surface area contributed by atoms with Gasteiger partial charge in [-0.15, -0.1) is 0 Å². The van der Waals surface area contributed by atoms with E-state index < -0.39 is 6.10 Å². The van der Waals surface area contributed by atoms with Crippen LogP contribution in [0.15, 0.2) is 97.2 Å². The van der Waals surface area contributed by atoms with Crippen LogP contribution in [0.25, 0.3) is 0 Å². The number of carbonyl (C=O) groups is 3. The monoisotopic (exact) mass is 1160 g/mol. The highest BCUT2D eigenvalue weighted by molar-refractivity contribution is 5.71. The minimum Gasteiger partial charge on any atom is -0.462 e. The van der Waals surface area contributed by atoms with E-state index in [0.717, 1.165) is 128 Å². The van der Waals surface area contributed by atoms with Gasteiger partial charge < -0.3 is 14.2 Å². The second-order valence-electron chi connectivity index (χ2n) is 23.8. The quantitative estimate of drug-likeness (QED) is 0.0261. The van der Waals surface area contributed by atoms with Crippen molar-refractivity contribution in [2.24, 2.45) is 0 Å². The van der Waals surface area contributed by atoms with Gasteiger partial charge in [-0.05, 0) is 103 Å². The van der Waals surface area contributed by atoms with Crippen LogP contribution >= 0.6 is 0 Å². The molecule has 0 saturated carbocycles. The fourth-order valence-electron chi connectivity index (χ4n) is 10.2. The summed E-state index contributed by atoms with van der Waals surface area (Å²) in [6.45, 7) is 6.55. The molecule has 0 heterocycles. The van der Waals surface area contributed by atoms with Gasteiger partial charge in [0.2, 0.25) is 0 Å². The second-order valence-corrected chi connectivity index (χ2v) is 23.8. The lowest BCUT2D eigenvalue weighted by Gasteiger charge is -2.18. The number of unbranched alkanes of at least 4 members (excludes halogenated alkanes) is 38. The van der Waals surface area contributed by atoms with Crippen LogP contribution < -0.4 is 0 Å². The lowest BCUT2D eigenvalue weighted by Crippen LogP contribution is -2.30. The Morgan fingerprint density at radius 1 is 0.253 bits per heavy atom. The SMILES string of the molecule is CC/C=C\C/C=C\C/C=C\C/C=C\C/C=C\C/C=C\C/C=C\CCCCCCCC(=O)OCC(COC(=O)CCCCCCC/C=C\CCCCCCCC)OC(=O)CCCCCCCCCCCCCCCCCCCCCCCCC. The van der Waals surface area contributed by atoms with Crippen molar-refractivity contribution in [3.05, 3.63) is 97.2 Å². The van der Waals surface area contributed by atoms with Crippen molar-refractivity contribution in [2.45, 2.75) is 361 Å². The summed E-state index contributed by atoms with van der Waals surface area (Å²) < 4.78 is 17.0. The third kappa shape index (κ3) is 69.0. The predicted molar refractivity (Wildman–Crippen MR) is 362 cm³/mol. The summed E-state index contributed by atoms with van der Waals surface area (Å²) in [4.78, 5) is 38.5. The lowest BCUT2D eigenvalue weighted by atomic mass is 10.0. The molecule has 0 amide bonds. The maximum atomic E-state index is 13.0. The van der Waals surface area contributed by atoms with Gasteiger partial charge in [0.05, 0.1) is 0 Å². The van der Waals surface area contributed by atoms with Gasteiger partial charge in [-0.1, -0.05) is 330 Å². The highest BCUT2D eigenvalue weighted by Gasteiger charge is 2.19. The Morgan fingerprint density at radius 2 is 0.470 bits per heavy atom. The Bertz CT molecular complexity index is 1610. The molecular weight excluding hydrogens is 1020 g/mol. The molecule has 0 aliphatic rings. The zero-order chi connectivity index (χ0) is 59.9. The van der Waals surface area contributed by atoms with Crippen LogP contribution in [0.5, 0.6) is 0 Å². The Kier molecular flexibility index (Phi) is 67.7. The van der Waals surface area contributed by atoms with E-state index in [1.807, 2.05) is 0 Å². The van der Waals surface area contributed by atoms with E-state index in [1.165, 1.54) is 186 Å². The van der Waals surface area contributed by atoms with E-state index in [9.17, 15) is 14.4 Å². The molecule has 0 rings (SSSR count). The summed E-state index contributed by atoms with van der Waals surface area (Å²) in [7, 11) is 0. The summed E-state index contributed by atoms with van der Waals surface area (Å²) in [5.74, 6) is -0.894. The van der Waals surface area contributed by atoms with Crippen LogP contribution in [0.2, 0.25) is 0 Å². The number of hydrogen-bond donors (Lipinski definition) is 0. The van der Waals surface area contributed by atoms with Crippen molar-refractivity contribution in [1.29, 1.82) is 0 Å². The highest BCUT2D eigenvalue weighted by atomic mass is 16.6. The Morgan fingerprint density at radius 3 is 0.747 bits per heavy atom. The summed E-state index contributed by atoms with van der Waals surface area (Å²) >= 11 is 0. The first kappa shape index (κ1) is 79.3. The average molecular weight is 1160 g/mol. The van der Waals surface area contributed by atoms with Gasteiger partial charge in [-0.2, -0.15) is 0 Å². The van der Waals surface area contributed by atoms with Gasteiger partial charge >= 0.3 is 17.9 Å². The number of allylic oxidation sites excluding steroid dienone is 16. The van der Waals surface area contributed by atoms with Gasteiger partial charge in [0.1, 0.15) is 13.2 Å². The standard InChI is InChI=1S/C77H134O6/c1-4-7-10-13-16-19-22-25-28-30-32-34-36-37-38-39-41-42-44-46-49-52-55-58-61-64-67-70-76(79)82-73-74(72-81-75(78)69-66-63-60-57-54-51-48-27-24-21-18-15-12-9-6-3)83-77(80)71-68-65-62-59-56-53-50-47-45-43-40-35-33-31-29-26-23-20-17-14-11-8-5-2/h7,10,16,19,25,27-28,32,34,37-38,41-42,46,48-49,74H,4-6,8-9,11-15,17-18,20-24,26,29-31,33,35-36,39-40,43-45,47,50-73H2,1-3H3/b10-7-,19-16-,28-25-,34-32-,38-37-,42-41-,48-27-,49-46-. The average Bonchev–Trinajstić information content (AvgIpc) is 3.49. The van der Waals surface area contributed by atoms with Gasteiger partial charge in [-0.3, -0.25) is 14.4 Å². The van der Waals surface area contributed by atoms with E-state index in [0.29, 0.717) is 19.3 Å². The summed E-state index contributed by atoms with van der Waals surface area (Å²) in [5.41, 5.74) is 0. The third-order valence-corrected chi connectivity index (χ3v) is 15.6. The van der Waals surface area contributed by atoms with Crippen LogP contribution in [0, 0.1) is 0 Å². The van der Waals surface area contributed by atoms with Crippen molar-refractivity contribution in [3.8, 4) is 0 Å². The summed E-state index contributed by atoms with van der Waals surface area (Å²) in [5, 5.41) is 0. The summed E-state index contributed by atoms with van der Waals surface area (Å²) in [6, 6.07) is 0. The third-order valence-electron chi connectivity index (χ3n) is 15.6. The van der Waals surface area contributed by atoms with Gasteiger partial charge in [0, 0.05) is 19.3 Å². The zero-order valence-corrected chi connectivity index (χ0v) is 54.9. The predicted octanol–water partition coefficient (Wildman–Crippen LogP) is 24.8. The minimum absolute atomic E-state index is 0.0852. The van der Waals surface area contributed by atoms with Gasteiger partial charge in [-0.25, -0.2) is 0 Å². The maximum absolute atomic E-state index is 13.0. The fourth-order valence-corrected chi connectivity index (χ4v) is 10.2. The first-order valence-corrected chi connectivity index (χ1v) is 35.7. The molecule has 0 radical (unpaired) electrons. The topological polar surface area (TPSA) is 78.9 Å². The van der Waals surface area contributed by atoms with E-state index in [-0.39, 0.29) is 31.1 Å². The minimum atomic E-state index is -0.790. The van der Waals surface area contributed by atoms with Crippen molar-refractivity contribution < 1.29 is 28.6 Å². The number of ether oxygens (including phenoxy) is 3. The van der Waals surface area contributed by atoms with Gasteiger partial charge in [0.25, 0.3) is 0 Å². The fraction of sp³-hybridized carbons (Fsp3) is 0.753. The molecular formula is C77H134O6. The van der Waals surface area contributed by atoms with E-state index in [4.69, 9.17) is 14.2 Å². The molecule has 1 unspecified atom stereocenters. The zero-order valence-electron chi connectivity index (χ0n) is 54.9. The molecule has 478 valence electrons. The molecule has 0 bridgehead atoms.